The smallest absolute Gasteiger partial charge is 0.251 e. The molecule has 5 nitrogen and oxygen atoms in total. The van der Waals surface area contributed by atoms with Crippen LogP contribution in [0.3, 0.4) is 0 Å². The Kier molecular flexibility index (Phi) is 5.67. The zero-order valence-electron chi connectivity index (χ0n) is 14.1. The molecule has 0 radical (unpaired) electrons. The van der Waals surface area contributed by atoms with Crippen molar-refractivity contribution in [3.63, 3.8) is 0 Å². The molecule has 1 aromatic carbocycles. The van der Waals surface area contributed by atoms with Gasteiger partial charge in [-0.2, -0.15) is 0 Å². The lowest BCUT2D eigenvalue weighted by Crippen LogP contribution is -2.33. The van der Waals surface area contributed by atoms with Gasteiger partial charge < -0.3 is 15.1 Å². The molecule has 2 N–H and O–H groups in total. The fraction of sp³-hybridized carbons (Fsp3) is 0.421. The third-order valence-corrected chi connectivity index (χ3v) is 4.56. The van der Waals surface area contributed by atoms with Crippen LogP contribution in [-0.2, 0) is 6.54 Å². The van der Waals surface area contributed by atoms with Gasteiger partial charge in [-0.3, -0.25) is 9.69 Å². The lowest BCUT2D eigenvalue weighted by Gasteiger charge is -2.26. The zero-order chi connectivity index (χ0) is 16.8. The lowest BCUT2D eigenvalue weighted by molar-refractivity contribution is 0.0963. The minimum atomic E-state index is -0.0542. The Balaban J connectivity index is 1.56. The van der Waals surface area contributed by atoms with E-state index in [-0.39, 0.29) is 11.9 Å². The maximum Gasteiger partial charge on any atom is 0.251 e. The van der Waals surface area contributed by atoms with Gasteiger partial charge in [0.25, 0.3) is 5.91 Å². The Morgan fingerprint density at radius 1 is 1.21 bits per heavy atom. The number of benzene rings is 1. The van der Waals surface area contributed by atoms with Gasteiger partial charge in [-0.15, -0.1) is 0 Å². The van der Waals surface area contributed by atoms with Gasteiger partial charge in [0.1, 0.15) is 5.76 Å². The van der Waals surface area contributed by atoms with Crippen molar-refractivity contribution in [2.45, 2.75) is 25.4 Å². The van der Waals surface area contributed by atoms with E-state index >= 15 is 0 Å². The van der Waals surface area contributed by atoms with E-state index in [4.69, 9.17) is 4.42 Å². The van der Waals surface area contributed by atoms with Crippen LogP contribution in [0.2, 0.25) is 0 Å². The largest absolute Gasteiger partial charge is 0.468 e. The molecule has 0 aliphatic carbocycles. The SMILES string of the molecule is CNC(=O)c1ccc(CNCC(c2ccco2)N2CCCC2)cc1. The number of rotatable bonds is 7. The number of amides is 1. The van der Waals surface area contributed by atoms with Gasteiger partial charge in [0.2, 0.25) is 0 Å². The minimum Gasteiger partial charge on any atom is -0.468 e. The van der Waals surface area contributed by atoms with Gasteiger partial charge in [-0.25, -0.2) is 0 Å². The molecule has 1 amide bonds. The summed E-state index contributed by atoms with van der Waals surface area (Å²) in [6.07, 6.45) is 4.27. The van der Waals surface area contributed by atoms with Crippen LogP contribution in [-0.4, -0.2) is 37.5 Å². The number of carbonyl (C=O) groups excluding carboxylic acids is 1. The maximum absolute atomic E-state index is 11.6. The normalized spacial score (nSPS) is 16.2. The first-order valence-electron chi connectivity index (χ1n) is 8.57. The van der Waals surface area contributed by atoms with Crippen molar-refractivity contribution >= 4 is 5.91 Å². The van der Waals surface area contributed by atoms with Crippen LogP contribution in [0.1, 0.15) is 40.6 Å². The summed E-state index contributed by atoms with van der Waals surface area (Å²) in [7, 11) is 1.64. The number of likely N-dealkylation sites (tertiary alicyclic amines) is 1. The van der Waals surface area contributed by atoms with Gasteiger partial charge in [-0.1, -0.05) is 12.1 Å². The van der Waals surface area contributed by atoms with E-state index in [2.05, 4.69) is 21.6 Å². The van der Waals surface area contributed by atoms with Crippen molar-refractivity contribution < 1.29 is 9.21 Å². The van der Waals surface area contributed by atoms with Crippen molar-refractivity contribution in [1.29, 1.82) is 0 Å². The molecule has 2 heterocycles. The van der Waals surface area contributed by atoms with Crippen LogP contribution in [0.25, 0.3) is 0 Å². The molecule has 1 aliphatic heterocycles. The molecule has 1 unspecified atom stereocenters. The Bertz CT molecular complexity index is 631. The fourth-order valence-electron chi connectivity index (χ4n) is 3.22. The predicted molar refractivity (Wildman–Crippen MR) is 93.8 cm³/mol. The summed E-state index contributed by atoms with van der Waals surface area (Å²) >= 11 is 0. The Morgan fingerprint density at radius 3 is 2.58 bits per heavy atom. The van der Waals surface area contributed by atoms with Crippen molar-refractivity contribution in [2.24, 2.45) is 0 Å². The molecule has 1 atom stereocenters. The van der Waals surface area contributed by atoms with Gasteiger partial charge in [0.05, 0.1) is 12.3 Å². The predicted octanol–water partition coefficient (Wildman–Crippen LogP) is 2.57. The molecule has 3 rings (SSSR count). The van der Waals surface area contributed by atoms with Gasteiger partial charge >= 0.3 is 0 Å². The van der Waals surface area contributed by atoms with E-state index in [1.54, 1.807) is 13.3 Å². The second-order valence-corrected chi connectivity index (χ2v) is 6.18. The molecule has 5 heteroatoms. The molecule has 128 valence electrons. The highest BCUT2D eigenvalue weighted by molar-refractivity contribution is 5.93. The first-order valence-corrected chi connectivity index (χ1v) is 8.57. The third kappa shape index (κ3) is 4.04. The summed E-state index contributed by atoms with van der Waals surface area (Å²) in [5.41, 5.74) is 1.86. The topological polar surface area (TPSA) is 57.5 Å². The summed E-state index contributed by atoms with van der Waals surface area (Å²) in [5, 5.41) is 6.16. The summed E-state index contributed by atoms with van der Waals surface area (Å²) in [6.45, 7) is 3.89. The van der Waals surface area contributed by atoms with Crippen LogP contribution < -0.4 is 10.6 Å². The summed E-state index contributed by atoms with van der Waals surface area (Å²) < 4.78 is 5.64. The lowest BCUT2D eigenvalue weighted by atomic mass is 10.1. The number of furan rings is 1. The van der Waals surface area contributed by atoms with E-state index in [1.165, 1.54) is 18.4 Å². The zero-order valence-corrected chi connectivity index (χ0v) is 14.1. The standard InChI is InChI=1S/C19H25N3O2/c1-20-19(23)16-8-6-15(7-9-16)13-21-14-17(18-5-4-12-24-18)22-10-2-3-11-22/h4-9,12,17,21H,2-3,10-11,13-14H2,1H3,(H,20,23). The number of hydrogen-bond acceptors (Lipinski definition) is 4. The van der Waals surface area contributed by atoms with Crippen molar-refractivity contribution in [2.75, 3.05) is 26.7 Å². The summed E-state index contributed by atoms with van der Waals surface area (Å²) in [4.78, 5) is 14.1. The average molecular weight is 327 g/mol. The maximum atomic E-state index is 11.6. The quantitative estimate of drug-likeness (QED) is 0.821. The molecule has 1 aromatic heterocycles. The number of nitrogens with zero attached hydrogens (tertiary/aromatic N) is 1. The monoisotopic (exact) mass is 327 g/mol. The second kappa shape index (κ2) is 8.13. The molecule has 0 bridgehead atoms. The molecular weight excluding hydrogens is 302 g/mol. The van der Waals surface area contributed by atoms with Crippen molar-refractivity contribution in [3.8, 4) is 0 Å². The van der Waals surface area contributed by atoms with Crippen molar-refractivity contribution in [1.82, 2.24) is 15.5 Å². The first kappa shape index (κ1) is 16.7. The van der Waals surface area contributed by atoms with E-state index in [1.807, 2.05) is 30.3 Å². The molecule has 1 aliphatic rings. The van der Waals surface area contributed by atoms with E-state index in [0.717, 1.165) is 31.9 Å². The Morgan fingerprint density at radius 2 is 1.96 bits per heavy atom. The van der Waals surface area contributed by atoms with Crippen LogP contribution in [0.15, 0.2) is 47.1 Å². The minimum absolute atomic E-state index is 0.0542. The van der Waals surface area contributed by atoms with Gasteiger partial charge in [-0.05, 0) is 55.8 Å². The Hall–Kier alpha value is -2.11. The van der Waals surface area contributed by atoms with Crippen LogP contribution in [0, 0.1) is 0 Å². The van der Waals surface area contributed by atoms with E-state index < -0.39 is 0 Å². The van der Waals surface area contributed by atoms with Crippen LogP contribution >= 0.6 is 0 Å². The number of carbonyl (C=O) groups is 1. The summed E-state index contributed by atoms with van der Waals surface area (Å²) in [6, 6.07) is 12.0. The fourth-order valence-corrected chi connectivity index (χ4v) is 3.22. The molecule has 1 fully saturated rings. The molecule has 1 saturated heterocycles. The van der Waals surface area contributed by atoms with Gasteiger partial charge in [0.15, 0.2) is 0 Å². The molecular formula is C19H25N3O2. The van der Waals surface area contributed by atoms with Crippen molar-refractivity contribution in [3.05, 3.63) is 59.5 Å². The van der Waals surface area contributed by atoms with Gasteiger partial charge in [0, 0.05) is 25.7 Å². The molecule has 0 saturated carbocycles. The second-order valence-electron chi connectivity index (χ2n) is 6.18. The molecule has 24 heavy (non-hydrogen) atoms. The first-order chi connectivity index (χ1) is 11.8. The van der Waals surface area contributed by atoms with E-state index in [0.29, 0.717) is 5.56 Å². The van der Waals surface area contributed by atoms with Crippen LogP contribution in [0.5, 0.6) is 0 Å². The highest BCUT2D eigenvalue weighted by atomic mass is 16.3. The molecule has 0 spiro atoms. The summed E-state index contributed by atoms with van der Waals surface area (Å²) in [5.74, 6) is 0.973. The molecule has 2 aromatic rings. The third-order valence-electron chi connectivity index (χ3n) is 4.56. The van der Waals surface area contributed by atoms with E-state index in [9.17, 15) is 4.79 Å². The Labute approximate surface area is 143 Å². The highest BCUT2D eigenvalue weighted by Crippen LogP contribution is 2.24. The average Bonchev–Trinajstić information content (AvgIpc) is 3.32. The number of nitrogens with one attached hydrogen (secondary N) is 2. The van der Waals surface area contributed by atoms with Crippen LogP contribution in [0.4, 0.5) is 0 Å². The number of hydrogen-bond donors (Lipinski definition) is 2. The highest BCUT2D eigenvalue weighted by Gasteiger charge is 2.24.